The van der Waals surface area contributed by atoms with Gasteiger partial charge in [-0.1, -0.05) is 18.2 Å². The number of hydrogen-bond donors (Lipinski definition) is 1. The summed E-state index contributed by atoms with van der Waals surface area (Å²) in [5.41, 5.74) is 2.66. The zero-order valence-electron chi connectivity index (χ0n) is 15.7. The molecule has 26 heavy (non-hydrogen) atoms. The lowest BCUT2D eigenvalue weighted by Gasteiger charge is -2.09. The Kier molecular flexibility index (Phi) is 7.09. The lowest BCUT2D eigenvalue weighted by Crippen LogP contribution is -2.26. The molecule has 0 aliphatic carbocycles. The summed E-state index contributed by atoms with van der Waals surface area (Å²) in [5.74, 6) is 2.03. The summed E-state index contributed by atoms with van der Waals surface area (Å²) in [7, 11) is 4.82. The molecule has 0 aliphatic rings. The van der Waals surface area contributed by atoms with Crippen LogP contribution >= 0.6 is 0 Å². The Morgan fingerprint density at radius 1 is 0.962 bits per heavy atom. The molecule has 0 spiro atoms. The second-order valence-corrected chi connectivity index (χ2v) is 5.80. The quantitative estimate of drug-likeness (QED) is 0.737. The van der Waals surface area contributed by atoms with E-state index in [2.05, 4.69) is 5.32 Å². The lowest BCUT2D eigenvalue weighted by molar-refractivity contribution is -0.117. The van der Waals surface area contributed by atoms with Crippen molar-refractivity contribution in [3.05, 3.63) is 59.2 Å². The predicted molar refractivity (Wildman–Crippen MR) is 103 cm³/mol. The monoisotopic (exact) mass is 355 g/mol. The van der Waals surface area contributed by atoms with Crippen molar-refractivity contribution >= 4 is 12.0 Å². The van der Waals surface area contributed by atoms with Gasteiger partial charge in [-0.15, -0.1) is 0 Å². The molecule has 5 nitrogen and oxygen atoms in total. The average molecular weight is 355 g/mol. The van der Waals surface area contributed by atoms with Crippen molar-refractivity contribution in [2.75, 3.05) is 27.9 Å². The number of hydrogen-bond acceptors (Lipinski definition) is 4. The van der Waals surface area contributed by atoms with Crippen molar-refractivity contribution in [1.29, 1.82) is 0 Å². The smallest absolute Gasteiger partial charge is 0.246 e. The van der Waals surface area contributed by atoms with E-state index in [1.54, 1.807) is 28.3 Å². The summed E-state index contributed by atoms with van der Waals surface area (Å²) >= 11 is 0. The Hall–Kier alpha value is -2.95. The van der Waals surface area contributed by atoms with E-state index in [1.165, 1.54) is 0 Å². The van der Waals surface area contributed by atoms with Crippen LogP contribution in [-0.4, -0.2) is 33.8 Å². The summed E-state index contributed by atoms with van der Waals surface area (Å²) in [6.07, 6.45) is 2.59. The van der Waals surface area contributed by atoms with Gasteiger partial charge in [0.25, 0.3) is 0 Å². The minimum atomic E-state index is -0.0895. The third-order valence-corrected chi connectivity index (χ3v) is 4.01. The number of rotatable bonds is 8. The fraction of sp³-hybridized carbons (Fsp3) is 0.286. The third-order valence-electron chi connectivity index (χ3n) is 4.01. The molecular weight excluding hydrogens is 330 g/mol. The molecule has 0 fully saturated rings. The molecule has 2 rings (SSSR count). The first-order valence-corrected chi connectivity index (χ1v) is 8.39. The minimum Gasteiger partial charge on any atom is -0.497 e. The molecule has 0 aromatic heterocycles. The Bertz CT molecular complexity index is 766. The van der Waals surface area contributed by atoms with Crippen LogP contribution in [0.15, 0.2) is 48.0 Å². The van der Waals surface area contributed by atoms with Crippen LogP contribution in [-0.2, 0) is 11.2 Å². The highest BCUT2D eigenvalue weighted by molar-refractivity contribution is 5.97. The van der Waals surface area contributed by atoms with Crippen molar-refractivity contribution in [2.24, 2.45) is 0 Å². The van der Waals surface area contributed by atoms with Crippen LogP contribution in [0.3, 0.4) is 0 Å². The normalized spacial score (nSPS) is 11.0. The molecule has 0 unspecified atom stereocenters. The summed E-state index contributed by atoms with van der Waals surface area (Å²) in [6.45, 7) is 2.36. The van der Waals surface area contributed by atoms with E-state index in [9.17, 15) is 4.79 Å². The van der Waals surface area contributed by atoms with Gasteiger partial charge in [0.15, 0.2) is 11.5 Å². The van der Waals surface area contributed by atoms with Gasteiger partial charge in [-0.2, -0.15) is 0 Å². The summed E-state index contributed by atoms with van der Waals surface area (Å²) in [5, 5.41) is 2.94. The highest BCUT2D eigenvalue weighted by Gasteiger charge is 2.07. The van der Waals surface area contributed by atoms with E-state index in [0.29, 0.717) is 23.6 Å². The predicted octanol–water partition coefficient (Wildman–Crippen LogP) is 3.47. The van der Waals surface area contributed by atoms with Gasteiger partial charge in [0.05, 0.1) is 21.3 Å². The van der Waals surface area contributed by atoms with E-state index in [1.807, 2.05) is 48.5 Å². The molecule has 1 amide bonds. The molecule has 2 aromatic rings. The molecule has 0 saturated heterocycles. The summed E-state index contributed by atoms with van der Waals surface area (Å²) in [6, 6.07) is 13.4. The molecule has 0 atom stereocenters. The van der Waals surface area contributed by atoms with Crippen molar-refractivity contribution < 1.29 is 19.0 Å². The summed E-state index contributed by atoms with van der Waals surface area (Å²) in [4.78, 5) is 12.3. The number of methoxy groups -OCH3 is 3. The SMILES string of the molecule is COc1ccc(CCNC(=O)/C(C)=C/c2ccc(OC)c(OC)c2)cc1. The van der Waals surface area contributed by atoms with Gasteiger partial charge in [0.1, 0.15) is 5.75 Å². The minimum absolute atomic E-state index is 0.0895. The Morgan fingerprint density at radius 2 is 1.65 bits per heavy atom. The molecule has 5 heteroatoms. The van der Waals surface area contributed by atoms with Crippen molar-refractivity contribution in [3.63, 3.8) is 0 Å². The van der Waals surface area contributed by atoms with Gasteiger partial charge in [-0.3, -0.25) is 4.79 Å². The summed E-state index contributed by atoms with van der Waals surface area (Å²) < 4.78 is 15.6. The van der Waals surface area contributed by atoms with Crippen LogP contribution in [0, 0.1) is 0 Å². The average Bonchev–Trinajstić information content (AvgIpc) is 2.68. The molecule has 1 N–H and O–H groups in total. The number of benzene rings is 2. The van der Waals surface area contributed by atoms with Gasteiger partial charge >= 0.3 is 0 Å². The Morgan fingerprint density at radius 3 is 2.27 bits per heavy atom. The first-order chi connectivity index (χ1) is 12.6. The first-order valence-electron chi connectivity index (χ1n) is 8.39. The zero-order valence-corrected chi connectivity index (χ0v) is 15.7. The van der Waals surface area contributed by atoms with Gasteiger partial charge in [-0.05, 0) is 54.8 Å². The standard InChI is InChI=1S/C21H25NO4/c1-15(13-17-7-10-19(25-3)20(14-17)26-4)21(23)22-12-11-16-5-8-18(24-2)9-6-16/h5-10,13-14H,11-12H2,1-4H3,(H,22,23)/b15-13+. The maximum absolute atomic E-state index is 12.3. The largest absolute Gasteiger partial charge is 0.497 e. The van der Waals surface area contributed by atoms with Gasteiger partial charge in [0, 0.05) is 12.1 Å². The first kappa shape index (κ1) is 19.4. The molecular formula is C21H25NO4. The zero-order chi connectivity index (χ0) is 18.9. The van der Waals surface area contributed by atoms with Gasteiger partial charge in [-0.25, -0.2) is 0 Å². The molecule has 0 aliphatic heterocycles. The van der Waals surface area contributed by atoms with E-state index >= 15 is 0 Å². The van der Waals surface area contributed by atoms with Gasteiger partial charge in [0.2, 0.25) is 5.91 Å². The molecule has 0 heterocycles. The molecule has 0 bridgehead atoms. The number of nitrogens with one attached hydrogen (secondary N) is 1. The number of amides is 1. The highest BCUT2D eigenvalue weighted by Crippen LogP contribution is 2.28. The second-order valence-electron chi connectivity index (χ2n) is 5.80. The van der Waals surface area contributed by atoms with E-state index in [0.717, 1.165) is 23.3 Å². The maximum Gasteiger partial charge on any atom is 0.246 e. The molecule has 0 radical (unpaired) electrons. The van der Waals surface area contributed by atoms with E-state index < -0.39 is 0 Å². The van der Waals surface area contributed by atoms with Crippen LogP contribution in [0.25, 0.3) is 6.08 Å². The van der Waals surface area contributed by atoms with Gasteiger partial charge < -0.3 is 19.5 Å². The van der Waals surface area contributed by atoms with Crippen LogP contribution in [0.4, 0.5) is 0 Å². The third kappa shape index (κ3) is 5.28. The van der Waals surface area contributed by atoms with Crippen LogP contribution in [0.1, 0.15) is 18.1 Å². The Balaban J connectivity index is 1.92. The fourth-order valence-electron chi connectivity index (χ4n) is 2.51. The van der Waals surface area contributed by atoms with Crippen LogP contribution < -0.4 is 19.5 Å². The highest BCUT2D eigenvalue weighted by atomic mass is 16.5. The number of ether oxygens (including phenoxy) is 3. The maximum atomic E-state index is 12.3. The lowest BCUT2D eigenvalue weighted by atomic mass is 10.1. The molecule has 138 valence electrons. The Labute approximate surface area is 154 Å². The number of carbonyl (C=O) groups is 1. The second kappa shape index (κ2) is 9.51. The van der Waals surface area contributed by atoms with Crippen LogP contribution in [0.2, 0.25) is 0 Å². The van der Waals surface area contributed by atoms with E-state index in [-0.39, 0.29) is 5.91 Å². The molecule has 2 aromatic carbocycles. The van der Waals surface area contributed by atoms with Crippen molar-refractivity contribution in [1.82, 2.24) is 5.32 Å². The van der Waals surface area contributed by atoms with Crippen molar-refractivity contribution in [2.45, 2.75) is 13.3 Å². The van der Waals surface area contributed by atoms with Crippen LogP contribution in [0.5, 0.6) is 17.2 Å². The fourth-order valence-corrected chi connectivity index (χ4v) is 2.51. The van der Waals surface area contributed by atoms with Crippen molar-refractivity contribution in [3.8, 4) is 17.2 Å². The topological polar surface area (TPSA) is 56.8 Å². The molecule has 0 saturated carbocycles. The number of carbonyl (C=O) groups excluding carboxylic acids is 1. The van der Waals surface area contributed by atoms with E-state index in [4.69, 9.17) is 14.2 Å².